The fourth-order valence-corrected chi connectivity index (χ4v) is 2.70. The fourth-order valence-electron chi connectivity index (χ4n) is 2.35. The Morgan fingerprint density at radius 3 is 3.00 bits per heavy atom. The number of amides is 1. The highest BCUT2D eigenvalue weighted by Crippen LogP contribution is 2.26. The van der Waals surface area contributed by atoms with Gasteiger partial charge in [0.25, 0.3) is 0 Å². The third kappa shape index (κ3) is 2.63. The van der Waals surface area contributed by atoms with E-state index >= 15 is 0 Å². The lowest BCUT2D eigenvalue weighted by Gasteiger charge is -2.11. The van der Waals surface area contributed by atoms with Crippen molar-refractivity contribution in [3.05, 3.63) is 22.6 Å². The third-order valence-electron chi connectivity index (χ3n) is 3.51. The van der Waals surface area contributed by atoms with E-state index in [4.69, 9.17) is 4.74 Å². The molecule has 1 amide bonds. The molecular weight excluding hydrogens is 352 g/mol. The number of aromatic nitrogens is 4. The highest BCUT2D eigenvalue weighted by Gasteiger charge is 2.28. The summed E-state index contributed by atoms with van der Waals surface area (Å²) in [6.45, 7) is 2.58. The molecule has 2 N–H and O–H groups in total. The zero-order valence-corrected chi connectivity index (χ0v) is 13.7. The largest absolute Gasteiger partial charge is 0.480 e. The molecule has 0 aliphatic carbocycles. The monoisotopic (exact) mass is 366 g/mol. The van der Waals surface area contributed by atoms with Crippen LogP contribution in [-0.2, 0) is 4.79 Å². The number of hydrogen-bond donors (Lipinski definition) is 2. The van der Waals surface area contributed by atoms with Crippen LogP contribution in [0.4, 0.5) is 11.6 Å². The predicted molar refractivity (Wildman–Crippen MR) is 83.2 cm³/mol. The van der Waals surface area contributed by atoms with Gasteiger partial charge >= 0.3 is 0 Å². The topological polar surface area (TPSA) is 94.0 Å². The molecule has 2 aromatic rings. The molecule has 0 bridgehead atoms. The second-order valence-corrected chi connectivity index (χ2v) is 5.71. The number of nitrogens with one attached hydrogen (secondary N) is 2. The molecule has 9 heteroatoms. The van der Waals surface area contributed by atoms with Crippen LogP contribution in [0.15, 0.2) is 16.9 Å². The molecule has 0 radical (unpaired) electrons. The van der Waals surface area contributed by atoms with Crippen LogP contribution in [0.5, 0.6) is 5.88 Å². The van der Waals surface area contributed by atoms with Crippen molar-refractivity contribution in [2.75, 3.05) is 19.0 Å². The minimum Gasteiger partial charge on any atom is -0.480 e. The van der Waals surface area contributed by atoms with Gasteiger partial charge in [0.15, 0.2) is 0 Å². The standard InChI is InChI=1S/C13H15BrN6O2/c1-7-9(6-17-20(7)10-3-4-15-11(10)21)18-13-16-5-8(14)12(19-13)22-2/h5-6,10H,3-4H2,1-2H3,(H,15,21)(H,16,18,19). The first-order valence-corrected chi connectivity index (χ1v) is 7.55. The van der Waals surface area contributed by atoms with E-state index in [1.54, 1.807) is 24.2 Å². The first-order chi connectivity index (χ1) is 10.6. The molecule has 22 heavy (non-hydrogen) atoms. The first kappa shape index (κ1) is 14.8. The Morgan fingerprint density at radius 1 is 1.50 bits per heavy atom. The molecule has 3 rings (SSSR count). The zero-order valence-electron chi connectivity index (χ0n) is 12.1. The van der Waals surface area contributed by atoms with Gasteiger partial charge in [0.1, 0.15) is 6.04 Å². The first-order valence-electron chi connectivity index (χ1n) is 6.75. The van der Waals surface area contributed by atoms with Crippen LogP contribution in [0.2, 0.25) is 0 Å². The lowest BCUT2D eigenvalue weighted by molar-refractivity contribution is -0.122. The number of ether oxygens (including phenoxy) is 1. The minimum absolute atomic E-state index is 0.000638. The van der Waals surface area contributed by atoms with E-state index < -0.39 is 0 Å². The predicted octanol–water partition coefficient (Wildman–Crippen LogP) is 1.56. The maximum atomic E-state index is 11.8. The van der Waals surface area contributed by atoms with Gasteiger partial charge in [0.2, 0.25) is 17.7 Å². The quantitative estimate of drug-likeness (QED) is 0.852. The summed E-state index contributed by atoms with van der Waals surface area (Å²) in [5.74, 6) is 0.843. The van der Waals surface area contributed by atoms with Gasteiger partial charge in [-0.3, -0.25) is 9.48 Å². The normalized spacial score (nSPS) is 17.4. The Hall–Kier alpha value is -2.16. The molecule has 1 unspecified atom stereocenters. The molecule has 1 aliphatic heterocycles. The van der Waals surface area contributed by atoms with Gasteiger partial charge in [-0.2, -0.15) is 10.1 Å². The molecule has 0 saturated carbocycles. The average Bonchev–Trinajstić information content (AvgIpc) is 3.08. The SMILES string of the molecule is COc1nc(Nc2cnn(C3CCNC3=O)c2C)ncc1Br. The van der Waals surface area contributed by atoms with Crippen LogP contribution in [0, 0.1) is 6.92 Å². The van der Waals surface area contributed by atoms with Crippen LogP contribution in [0.1, 0.15) is 18.2 Å². The number of nitrogens with zero attached hydrogens (tertiary/aromatic N) is 4. The van der Waals surface area contributed by atoms with Crippen molar-refractivity contribution >= 4 is 33.5 Å². The van der Waals surface area contributed by atoms with Crippen molar-refractivity contribution in [1.29, 1.82) is 0 Å². The third-order valence-corrected chi connectivity index (χ3v) is 4.06. The molecule has 0 aromatic carbocycles. The molecule has 8 nitrogen and oxygen atoms in total. The van der Waals surface area contributed by atoms with Crippen molar-refractivity contribution in [3.63, 3.8) is 0 Å². The zero-order chi connectivity index (χ0) is 15.7. The molecular formula is C13H15BrN6O2. The van der Waals surface area contributed by atoms with Crippen LogP contribution in [0.3, 0.4) is 0 Å². The van der Waals surface area contributed by atoms with E-state index in [-0.39, 0.29) is 11.9 Å². The maximum Gasteiger partial charge on any atom is 0.244 e. The number of methoxy groups -OCH3 is 1. The van der Waals surface area contributed by atoms with Gasteiger partial charge in [0, 0.05) is 6.54 Å². The van der Waals surface area contributed by atoms with Gasteiger partial charge in [-0.15, -0.1) is 0 Å². The van der Waals surface area contributed by atoms with Crippen LogP contribution < -0.4 is 15.4 Å². The molecule has 1 atom stereocenters. The van der Waals surface area contributed by atoms with Gasteiger partial charge in [-0.1, -0.05) is 0 Å². The highest BCUT2D eigenvalue weighted by molar-refractivity contribution is 9.10. The van der Waals surface area contributed by atoms with Crippen molar-refractivity contribution in [2.24, 2.45) is 0 Å². The van der Waals surface area contributed by atoms with E-state index in [1.165, 1.54) is 0 Å². The number of carbonyl (C=O) groups is 1. The lowest BCUT2D eigenvalue weighted by atomic mass is 10.2. The Bertz CT molecular complexity index is 717. The number of carbonyl (C=O) groups excluding carboxylic acids is 1. The molecule has 1 fully saturated rings. The second kappa shape index (κ2) is 5.91. The van der Waals surface area contributed by atoms with Crippen molar-refractivity contribution < 1.29 is 9.53 Å². The summed E-state index contributed by atoms with van der Waals surface area (Å²) in [7, 11) is 1.54. The number of anilines is 2. The van der Waals surface area contributed by atoms with Crippen molar-refractivity contribution in [2.45, 2.75) is 19.4 Å². The summed E-state index contributed by atoms with van der Waals surface area (Å²) in [5.41, 5.74) is 1.61. The molecule has 0 spiro atoms. The van der Waals surface area contributed by atoms with Gasteiger partial charge in [-0.05, 0) is 29.3 Å². The average molecular weight is 367 g/mol. The maximum absolute atomic E-state index is 11.8. The summed E-state index contributed by atoms with van der Waals surface area (Å²) < 4.78 is 7.54. The number of rotatable bonds is 4. The number of halogens is 1. The Morgan fingerprint density at radius 2 is 2.32 bits per heavy atom. The molecule has 116 valence electrons. The fraction of sp³-hybridized carbons (Fsp3) is 0.385. The van der Waals surface area contributed by atoms with E-state index in [9.17, 15) is 4.79 Å². The lowest BCUT2D eigenvalue weighted by Crippen LogP contribution is -2.23. The van der Waals surface area contributed by atoms with Gasteiger partial charge < -0.3 is 15.4 Å². The molecule has 1 saturated heterocycles. The summed E-state index contributed by atoms with van der Waals surface area (Å²) >= 11 is 3.31. The van der Waals surface area contributed by atoms with Crippen molar-refractivity contribution in [1.82, 2.24) is 25.1 Å². The van der Waals surface area contributed by atoms with E-state index in [2.05, 4.69) is 41.6 Å². The molecule has 2 aromatic heterocycles. The van der Waals surface area contributed by atoms with E-state index in [0.717, 1.165) is 17.8 Å². The minimum atomic E-state index is -0.254. The Labute approximate surface area is 135 Å². The summed E-state index contributed by atoms with van der Waals surface area (Å²) in [4.78, 5) is 20.2. The molecule has 3 heterocycles. The summed E-state index contributed by atoms with van der Waals surface area (Å²) in [5, 5.41) is 10.2. The smallest absolute Gasteiger partial charge is 0.244 e. The number of hydrogen-bond acceptors (Lipinski definition) is 6. The highest BCUT2D eigenvalue weighted by atomic mass is 79.9. The van der Waals surface area contributed by atoms with Crippen LogP contribution in [-0.4, -0.2) is 39.3 Å². The summed E-state index contributed by atoms with van der Waals surface area (Å²) in [6, 6.07) is -0.254. The Kier molecular flexibility index (Phi) is 3.97. The van der Waals surface area contributed by atoms with Gasteiger partial charge in [0.05, 0.1) is 35.4 Å². The van der Waals surface area contributed by atoms with Crippen LogP contribution >= 0.6 is 15.9 Å². The van der Waals surface area contributed by atoms with E-state index in [1.807, 2.05) is 6.92 Å². The molecule has 1 aliphatic rings. The van der Waals surface area contributed by atoms with E-state index in [0.29, 0.717) is 22.8 Å². The Balaban J connectivity index is 1.84. The second-order valence-electron chi connectivity index (χ2n) is 4.86. The summed E-state index contributed by atoms with van der Waals surface area (Å²) in [6.07, 6.45) is 4.01. The van der Waals surface area contributed by atoms with Crippen molar-refractivity contribution in [3.8, 4) is 5.88 Å². The van der Waals surface area contributed by atoms with Crippen LogP contribution in [0.25, 0.3) is 0 Å². The van der Waals surface area contributed by atoms with Gasteiger partial charge in [-0.25, -0.2) is 4.98 Å².